The molecule has 0 aromatic heterocycles. The second-order valence-electron chi connectivity index (χ2n) is 4.66. The molecule has 1 fully saturated rings. The molecule has 1 saturated heterocycles. The van der Waals surface area contributed by atoms with Crippen molar-refractivity contribution in [2.45, 2.75) is 19.0 Å². The maximum Gasteiger partial charge on any atom is 0.416 e. The van der Waals surface area contributed by atoms with Crippen molar-refractivity contribution in [2.75, 3.05) is 24.6 Å². The third-order valence-electron chi connectivity index (χ3n) is 3.41. The van der Waals surface area contributed by atoms with Crippen molar-refractivity contribution in [1.29, 1.82) is 0 Å². The second kappa shape index (κ2) is 5.18. The van der Waals surface area contributed by atoms with Gasteiger partial charge in [-0.3, -0.25) is 0 Å². The van der Waals surface area contributed by atoms with Crippen molar-refractivity contribution in [3.63, 3.8) is 0 Å². The van der Waals surface area contributed by atoms with Gasteiger partial charge in [0.15, 0.2) is 0 Å². The van der Waals surface area contributed by atoms with Crippen molar-refractivity contribution in [3.05, 3.63) is 29.8 Å². The highest BCUT2D eigenvalue weighted by molar-refractivity contribution is 5.49. The Labute approximate surface area is 104 Å². The van der Waals surface area contributed by atoms with E-state index in [1.54, 1.807) is 6.07 Å². The molecule has 0 saturated carbocycles. The molecule has 5 heteroatoms. The molecule has 1 aliphatic heterocycles. The van der Waals surface area contributed by atoms with E-state index in [0.717, 1.165) is 18.9 Å². The Morgan fingerprint density at radius 1 is 1.22 bits per heavy atom. The maximum absolute atomic E-state index is 12.6. The van der Waals surface area contributed by atoms with E-state index in [-0.39, 0.29) is 12.5 Å². The average molecular weight is 259 g/mol. The van der Waals surface area contributed by atoms with Gasteiger partial charge in [0.1, 0.15) is 0 Å². The summed E-state index contributed by atoms with van der Waals surface area (Å²) in [5.41, 5.74) is 0.00509. The van der Waals surface area contributed by atoms with Crippen LogP contribution in [-0.4, -0.2) is 24.8 Å². The van der Waals surface area contributed by atoms with Gasteiger partial charge in [0.2, 0.25) is 0 Å². The van der Waals surface area contributed by atoms with Crippen LogP contribution in [0.25, 0.3) is 0 Å². The minimum Gasteiger partial charge on any atom is -0.396 e. The molecule has 0 radical (unpaired) electrons. The van der Waals surface area contributed by atoms with E-state index < -0.39 is 11.7 Å². The fraction of sp³-hybridized carbons (Fsp3) is 0.538. The summed E-state index contributed by atoms with van der Waals surface area (Å²) in [5.74, 6) is 0.284. The van der Waals surface area contributed by atoms with Gasteiger partial charge in [-0.15, -0.1) is 0 Å². The van der Waals surface area contributed by atoms with Crippen molar-refractivity contribution in [1.82, 2.24) is 0 Å². The van der Waals surface area contributed by atoms with Crippen LogP contribution >= 0.6 is 0 Å². The van der Waals surface area contributed by atoms with Crippen LogP contribution in [0.4, 0.5) is 18.9 Å². The normalized spacial score (nSPS) is 18.1. The van der Waals surface area contributed by atoms with Crippen molar-refractivity contribution < 1.29 is 18.3 Å². The van der Waals surface area contributed by atoms with Crippen LogP contribution in [-0.2, 0) is 6.18 Å². The molecule has 1 heterocycles. The highest BCUT2D eigenvalue weighted by Gasteiger charge is 2.31. The third kappa shape index (κ3) is 2.96. The number of nitrogens with zero attached hydrogens (tertiary/aromatic N) is 1. The zero-order chi connectivity index (χ0) is 13.2. The lowest BCUT2D eigenvalue weighted by atomic mass is 9.97. The highest BCUT2D eigenvalue weighted by Crippen LogP contribution is 2.32. The first-order valence-corrected chi connectivity index (χ1v) is 6.04. The number of hydrogen-bond acceptors (Lipinski definition) is 2. The summed E-state index contributed by atoms with van der Waals surface area (Å²) in [6.07, 6.45) is -2.64. The SMILES string of the molecule is OCC1CCN(c2cccc(C(F)(F)F)c2)CC1. The summed E-state index contributed by atoms with van der Waals surface area (Å²) in [5, 5.41) is 9.03. The Balaban J connectivity index is 2.10. The Bertz CT molecular complexity index is 397. The topological polar surface area (TPSA) is 23.5 Å². The smallest absolute Gasteiger partial charge is 0.396 e. The summed E-state index contributed by atoms with van der Waals surface area (Å²) in [6.45, 7) is 1.56. The molecule has 0 atom stereocenters. The van der Waals surface area contributed by atoms with E-state index in [0.29, 0.717) is 18.8 Å². The number of rotatable bonds is 2. The molecule has 0 unspecified atom stereocenters. The first-order chi connectivity index (χ1) is 8.50. The van der Waals surface area contributed by atoms with E-state index in [1.165, 1.54) is 12.1 Å². The van der Waals surface area contributed by atoms with Crippen molar-refractivity contribution in [3.8, 4) is 0 Å². The van der Waals surface area contributed by atoms with Crippen LogP contribution in [0.1, 0.15) is 18.4 Å². The first kappa shape index (κ1) is 13.2. The van der Waals surface area contributed by atoms with Gasteiger partial charge >= 0.3 is 6.18 Å². The fourth-order valence-corrected chi connectivity index (χ4v) is 2.25. The predicted octanol–water partition coefficient (Wildman–Crippen LogP) is 2.91. The van der Waals surface area contributed by atoms with Crippen LogP contribution in [0.15, 0.2) is 24.3 Å². The summed E-state index contributed by atoms with van der Waals surface area (Å²) >= 11 is 0. The van der Waals surface area contributed by atoms with Crippen LogP contribution in [0, 0.1) is 5.92 Å². The van der Waals surface area contributed by atoms with E-state index in [4.69, 9.17) is 5.11 Å². The molecular formula is C13H16F3NO. The number of aliphatic hydroxyl groups is 1. The first-order valence-electron chi connectivity index (χ1n) is 6.04. The average Bonchev–Trinajstić information content (AvgIpc) is 2.38. The number of anilines is 1. The van der Waals surface area contributed by atoms with Gasteiger partial charge in [-0.25, -0.2) is 0 Å². The van der Waals surface area contributed by atoms with E-state index in [2.05, 4.69) is 0 Å². The molecule has 0 spiro atoms. The van der Waals surface area contributed by atoms with Gasteiger partial charge in [-0.2, -0.15) is 13.2 Å². The molecule has 0 aliphatic carbocycles. The molecule has 0 bridgehead atoms. The zero-order valence-electron chi connectivity index (χ0n) is 9.95. The van der Waals surface area contributed by atoms with Crippen molar-refractivity contribution in [2.24, 2.45) is 5.92 Å². The minimum atomic E-state index is -4.29. The summed E-state index contributed by atoms with van der Waals surface area (Å²) in [6, 6.07) is 5.42. The standard InChI is InChI=1S/C13H16F3NO/c14-13(15,16)11-2-1-3-12(8-11)17-6-4-10(9-18)5-7-17/h1-3,8,10,18H,4-7,9H2. The monoisotopic (exact) mass is 259 g/mol. The number of alkyl halides is 3. The van der Waals surface area contributed by atoms with Crippen LogP contribution < -0.4 is 4.90 Å². The van der Waals surface area contributed by atoms with Gasteiger partial charge in [0, 0.05) is 25.4 Å². The lowest BCUT2D eigenvalue weighted by molar-refractivity contribution is -0.137. The summed E-state index contributed by atoms with van der Waals surface area (Å²) < 4.78 is 37.8. The molecule has 100 valence electrons. The molecule has 1 aliphatic rings. The molecule has 2 rings (SSSR count). The third-order valence-corrected chi connectivity index (χ3v) is 3.41. The molecule has 18 heavy (non-hydrogen) atoms. The number of piperidine rings is 1. The van der Waals surface area contributed by atoms with E-state index >= 15 is 0 Å². The Morgan fingerprint density at radius 3 is 2.44 bits per heavy atom. The quantitative estimate of drug-likeness (QED) is 0.882. The predicted molar refractivity (Wildman–Crippen MR) is 63.5 cm³/mol. The van der Waals surface area contributed by atoms with Crippen LogP contribution in [0.3, 0.4) is 0 Å². The highest BCUT2D eigenvalue weighted by atomic mass is 19.4. The van der Waals surface area contributed by atoms with E-state index in [1.807, 2.05) is 4.90 Å². The summed E-state index contributed by atoms with van der Waals surface area (Å²) in [7, 11) is 0. The number of aliphatic hydroxyl groups excluding tert-OH is 1. The lowest BCUT2D eigenvalue weighted by Gasteiger charge is -2.33. The molecule has 1 aromatic rings. The largest absolute Gasteiger partial charge is 0.416 e. The summed E-state index contributed by atoms with van der Waals surface area (Å²) in [4.78, 5) is 1.95. The maximum atomic E-state index is 12.6. The van der Waals surface area contributed by atoms with Gasteiger partial charge in [0.25, 0.3) is 0 Å². The molecule has 1 aromatic carbocycles. The second-order valence-corrected chi connectivity index (χ2v) is 4.66. The van der Waals surface area contributed by atoms with Gasteiger partial charge < -0.3 is 10.0 Å². The number of hydrogen-bond donors (Lipinski definition) is 1. The van der Waals surface area contributed by atoms with E-state index in [9.17, 15) is 13.2 Å². The zero-order valence-corrected chi connectivity index (χ0v) is 9.95. The fourth-order valence-electron chi connectivity index (χ4n) is 2.25. The Kier molecular flexibility index (Phi) is 3.80. The molecule has 0 amide bonds. The van der Waals surface area contributed by atoms with Crippen LogP contribution in [0.5, 0.6) is 0 Å². The minimum absolute atomic E-state index is 0.163. The number of benzene rings is 1. The molecule has 2 nitrogen and oxygen atoms in total. The Morgan fingerprint density at radius 2 is 1.89 bits per heavy atom. The lowest BCUT2D eigenvalue weighted by Crippen LogP contribution is -2.34. The van der Waals surface area contributed by atoms with Gasteiger partial charge in [-0.1, -0.05) is 6.07 Å². The van der Waals surface area contributed by atoms with Crippen molar-refractivity contribution >= 4 is 5.69 Å². The Hall–Kier alpha value is -1.23. The molecule has 1 N–H and O–H groups in total. The van der Waals surface area contributed by atoms with Gasteiger partial charge in [0.05, 0.1) is 5.56 Å². The molecular weight excluding hydrogens is 243 g/mol. The number of halogens is 3. The van der Waals surface area contributed by atoms with Crippen LogP contribution in [0.2, 0.25) is 0 Å². The van der Waals surface area contributed by atoms with Gasteiger partial charge in [-0.05, 0) is 37.0 Å².